The minimum Gasteiger partial charge on any atom is -0.392 e. The van der Waals surface area contributed by atoms with Crippen LogP contribution in [0, 0.1) is 12.7 Å². The van der Waals surface area contributed by atoms with Crippen LogP contribution in [-0.4, -0.2) is 27.9 Å². The van der Waals surface area contributed by atoms with Crippen LogP contribution < -0.4 is 5.32 Å². The Bertz CT molecular complexity index is 599. The third-order valence-corrected chi connectivity index (χ3v) is 3.28. The first-order valence-electron chi connectivity index (χ1n) is 6.15. The molecule has 19 heavy (non-hydrogen) atoms. The van der Waals surface area contributed by atoms with Gasteiger partial charge in [0.15, 0.2) is 0 Å². The molecule has 0 aliphatic carbocycles. The molecule has 0 spiro atoms. The van der Waals surface area contributed by atoms with Gasteiger partial charge < -0.3 is 14.9 Å². The third kappa shape index (κ3) is 2.36. The summed E-state index contributed by atoms with van der Waals surface area (Å²) in [4.78, 5) is 4.25. The zero-order valence-corrected chi connectivity index (χ0v) is 10.4. The lowest BCUT2D eigenvalue weighted by atomic mass is 10.1. The second-order valence-electron chi connectivity index (χ2n) is 4.77. The van der Waals surface area contributed by atoms with Crippen molar-refractivity contribution in [2.75, 3.05) is 6.54 Å². The van der Waals surface area contributed by atoms with Gasteiger partial charge in [0.25, 0.3) is 0 Å². The summed E-state index contributed by atoms with van der Waals surface area (Å²) < 4.78 is 18.7. The number of nitrogens with one attached hydrogen (secondary N) is 1. The van der Waals surface area contributed by atoms with Gasteiger partial charge >= 0.3 is 0 Å². The van der Waals surface area contributed by atoms with Crippen LogP contribution >= 0.6 is 0 Å². The van der Waals surface area contributed by atoms with E-state index in [2.05, 4.69) is 15.5 Å². The predicted octanol–water partition coefficient (Wildman–Crippen LogP) is 1.58. The number of aliphatic hydroxyl groups excluding tert-OH is 1. The second kappa shape index (κ2) is 4.71. The van der Waals surface area contributed by atoms with Crippen LogP contribution in [0.5, 0.6) is 0 Å². The minimum absolute atomic E-state index is 0.133. The summed E-state index contributed by atoms with van der Waals surface area (Å²) in [6, 6.07) is 4.69. The standard InChI is InChI=1S/C13H14FN3O2/c1-7-2-3-8(4-10(7)14)12-16-13(19-17-12)11-5-9(18)6-15-11/h2-4,9,11,15,18H,5-6H2,1H3/t9-,11-/m0/s1. The van der Waals surface area contributed by atoms with Gasteiger partial charge in [0.05, 0.1) is 12.1 Å². The van der Waals surface area contributed by atoms with Crippen LogP contribution in [0.15, 0.2) is 22.7 Å². The molecule has 0 amide bonds. The number of halogens is 1. The first-order chi connectivity index (χ1) is 9.13. The highest BCUT2D eigenvalue weighted by atomic mass is 19.1. The molecule has 3 rings (SSSR count). The fraction of sp³-hybridized carbons (Fsp3) is 0.385. The Morgan fingerprint density at radius 1 is 1.47 bits per heavy atom. The lowest BCUT2D eigenvalue weighted by Gasteiger charge is -2.01. The fourth-order valence-electron chi connectivity index (χ4n) is 2.13. The van der Waals surface area contributed by atoms with Crippen molar-refractivity contribution < 1.29 is 14.0 Å². The first-order valence-corrected chi connectivity index (χ1v) is 6.15. The van der Waals surface area contributed by atoms with E-state index in [0.29, 0.717) is 35.8 Å². The summed E-state index contributed by atoms with van der Waals surface area (Å²) in [6.07, 6.45) is 0.154. The highest BCUT2D eigenvalue weighted by Gasteiger charge is 2.28. The number of benzene rings is 1. The molecule has 0 saturated carbocycles. The summed E-state index contributed by atoms with van der Waals surface area (Å²) in [5.74, 6) is 0.489. The molecule has 0 radical (unpaired) electrons. The SMILES string of the molecule is Cc1ccc(-c2noc([C@@H]3C[C@H](O)CN3)n2)cc1F. The molecule has 2 N–H and O–H groups in total. The number of aliphatic hydroxyl groups is 1. The number of aromatic nitrogens is 2. The number of rotatable bonds is 2. The molecule has 1 aromatic heterocycles. The Labute approximate surface area is 109 Å². The molecule has 2 atom stereocenters. The molecule has 2 heterocycles. The molecule has 5 nitrogen and oxygen atoms in total. The molecule has 1 aliphatic rings. The van der Waals surface area contributed by atoms with E-state index in [-0.39, 0.29) is 11.9 Å². The Balaban J connectivity index is 1.86. The molecule has 6 heteroatoms. The zero-order valence-electron chi connectivity index (χ0n) is 10.4. The van der Waals surface area contributed by atoms with Gasteiger partial charge in [-0.2, -0.15) is 4.98 Å². The second-order valence-corrected chi connectivity index (χ2v) is 4.77. The van der Waals surface area contributed by atoms with Crippen molar-refractivity contribution in [3.63, 3.8) is 0 Å². The van der Waals surface area contributed by atoms with Crippen molar-refractivity contribution in [1.29, 1.82) is 0 Å². The smallest absolute Gasteiger partial charge is 0.244 e. The third-order valence-electron chi connectivity index (χ3n) is 3.28. The molecule has 0 unspecified atom stereocenters. The van der Waals surface area contributed by atoms with Crippen LogP contribution in [0.3, 0.4) is 0 Å². The van der Waals surface area contributed by atoms with E-state index in [1.165, 1.54) is 6.07 Å². The summed E-state index contributed by atoms with van der Waals surface area (Å²) in [5.41, 5.74) is 1.16. The van der Waals surface area contributed by atoms with E-state index < -0.39 is 6.10 Å². The maximum atomic E-state index is 13.5. The van der Waals surface area contributed by atoms with E-state index in [1.54, 1.807) is 19.1 Å². The monoisotopic (exact) mass is 263 g/mol. The van der Waals surface area contributed by atoms with Crippen molar-refractivity contribution in [3.05, 3.63) is 35.5 Å². The number of β-amino-alcohol motifs (C(OH)–C–C–N with tert-alkyl or cyclic N) is 1. The minimum atomic E-state index is -0.392. The zero-order chi connectivity index (χ0) is 13.4. The summed E-state index contributed by atoms with van der Waals surface area (Å²) in [7, 11) is 0. The molecular weight excluding hydrogens is 249 g/mol. The Hall–Kier alpha value is -1.79. The topological polar surface area (TPSA) is 71.2 Å². The van der Waals surface area contributed by atoms with Gasteiger partial charge in [0.2, 0.25) is 11.7 Å². The van der Waals surface area contributed by atoms with E-state index in [0.717, 1.165) is 0 Å². The normalized spacial score (nSPS) is 22.9. The maximum Gasteiger partial charge on any atom is 0.244 e. The maximum absolute atomic E-state index is 13.5. The van der Waals surface area contributed by atoms with E-state index >= 15 is 0 Å². The predicted molar refractivity (Wildman–Crippen MR) is 65.8 cm³/mol. The largest absolute Gasteiger partial charge is 0.392 e. The van der Waals surface area contributed by atoms with Crippen molar-refractivity contribution in [2.24, 2.45) is 0 Å². The van der Waals surface area contributed by atoms with Crippen molar-refractivity contribution in [1.82, 2.24) is 15.5 Å². The van der Waals surface area contributed by atoms with Crippen LogP contribution in [-0.2, 0) is 0 Å². The van der Waals surface area contributed by atoms with Gasteiger partial charge in [-0.25, -0.2) is 4.39 Å². The summed E-state index contributed by atoms with van der Waals surface area (Å²) >= 11 is 0. The highest BCUT2D eigenvalue weighted by molar-refractivity contribution is 5.55. The molecule has 0 bridgehead atoms. The first kappa shape index (κ1) is 12.3. The number of hydrogen-bond acceptors (Lipinski definition) is 5. The summed E-state index contributed by atoms with van der Waals surface area (Å²) in [5, 5.41) is 16.4. The van der Waals surface area contributed by atoms with Crippen molar-refractivity contribution in [2.45, 2.75) is 25.5 Å². The van der Waals surface area contributed by atoms with Crippen LogP contribution in [0.1, 0.15) is 23.9 Å². The Morgan fingerprint density at radius 3 is 3.00 bits per heavy atom. The molecule has 1 fully saturated rings. The number of hydrogen-bond donors (Lipinski definition) is 2. The molecule has 1 aliphatic heterocycles. The van der Waals surface area contributed by atoms with Gasteiger partial charge in [0, 0.05) is 12.1 Å². The van der Waals surface area contributed by atoms with Gasteiger partial charge in [0.1, 0.15) is 5.82 Å². The quantitative estimate of drug-likeness (QED) is 0.860. The molecule has 2 aromatic rings. The van der Waals surface area contributed by atoms with Crippen LogP contribution in [0.25, 0.3) is 11.4 Å². The number of nitrogens with zero attached hydrogens (tertiary/aromatic N) is 2. The molecule has 100 valence electrons. The Morgan fingerprint density at radius 2 is 2.32 bits per heavy atom. The van der Waals surface area contributed by atoms with Gasteiger partial charge in [-0.1, -0.05) is 17.3 Å². The Kier molecular flexibility index (Phi) is 3.04. The molecule has 1 aromatic carbocycles. The van der Waals surface area contributed by atoms with Crippen LogP contribution in [0.4, 0.5) is 4.39 Å². The van der Waals surface area contributed by atoms with Gasteiger partial charge in [-0.3, -0.25) is 0 Å². The average molecular weight is 263 g/mol. The van der Waals surface area contributed by atoms with E-state index in [1.807, 2.05) is 0 Å². The summed E-state index contributed by atoms with van der Waals surface area (Å²) in [6.45, 7) is 2.21. The molecular formula is C13H14FN3O2. The van der Waals surface area contributed by atoms with E-state index in [9.17, 15) is 9.50 Å². The van der Waals surface area contributed by atoms with Crippen molar-refractivity contribution >= 4 is 0 Å². The van der Waals surface area contributed by atoms with Crippen LogP contribution in [0.2, 0.25) is 0 Å². The lowest BCUT2D eigenvalue weighted by Crippen LogP contribution is -2.15. The fourth-order valence-corrected chi connectivity index (χ4v) is 2.13. The van der Waals surface area contributed by atoms with Gasteiger partial charge in [-0.05, 0) is 25.0 Å². The number of aryl methyl sites for hydroxylation is 1. The lowest BCUT2D eigenvalue weighted by molar-refractivity contribution is 0.191. The molecule has 1 saturated heterocycles. The van der Waals surface area contributed by atoms with E-state index in [4.69, 9.17) is 4.52 Å². The average Bonchev–Trinajstić information content (AvgIpc) is 3.01. The highest BCUT2D eigenvalue weighted by Crippen LogP contribution is 2.25. The van der Waals surface area contributed by atoms with Crippen molar-refractivity contribution in [3.8, 4) is 11.4 Å². The van der Waals surface area contributed by atoms with Gasteiger partial charge in [-0.15, -0.1) is 0 Å².